The Labute approximate surface area is 283 Å². The predicted octanol–water partition coefficient (Wildman–Crippen LogP) is 12.9. The van der Waals surface area contributed by atoms with Crippen molar-refractivity contribution >= 4 is 38.9 Å². The van der Waals surface area contributed by atoms with E-state index in [1.807, 2.05) is 0 Å². The van der Waals surface area contributed by atoms with Crippen LogP contribution in [0.4, 0.5) is 17.1 Å². The van der Waals surface area contributed by atoms with Gasteiger partial charge in [0.15, 0.2) is 0 Å². The summed E-state index contributed by atoms with van der Waals surface area (Å²) in [5, 5.41) is 2.53. The maximum atomic E-state index is 2.41. The second-order valence-electron chi connectivity index (χ2n) is 13.5. The number of benzene rings is 7. The molecule has 232 valence electrons. The number of rotatable bonds is 6. The molecule has 0 radical (unpaired) electrons. The highest BCUT2D eigenvalue weighted by Gasteiger charge is 2.22. The van der Waals surface area contributed by atoms with Gasteiger partial charge in [-0.3, -0.25) is 0 Å². The predicted molar refractivity (Wildman–Crippen MR) is 205 cm³/mol. The SMILES string of the molecule is CC(C)(C)c1ccc2c(c1)c1cc(-c3ccccc3N(c3ccccc3)c3ccccc3-c3ccccc3)ccc1n2-c1ccccc1. The van der Waals surface area contributed by atoms with E-state index in [-0.39, 0.29) is 5.41 Å². The molecule has 0 spiro atoms. The lowest BCUT2D eigenvalue weighted by atomic mass is 9.86. The lowest BCUT2D eigenvalue weighted by Gasteiger charge is -2.30. The van der Waals surface area contributed by atoms with Crippen LogP contribution in [0.3, 0.4) is 0 Å². The van der Waals surface area contributed by atoms with Crippen molar-refractivity contribution in [1.82, 2.24) is 4.57 Å². The van der Waals surface area contributed by atoms with E-state index in [1.165, 1.54) is 55.3 Å². The molecule has 0 amide bonds. The molecule has 48 heavy (non-hydrogen) atoms. The van der Waals surface area contributed by atoms with E-state index in [1.54, 1.807) is 0 Å². The molecule has 0 N–H and O–H groups in total. The monoisotopic (exact) mass is 618 g/mol. The van der Waals surface area contributed by atoms with E-state index in [0.717, 1.165) is 17.1 Å². The number of anilines is 3. The molecule has 0 atom stereocenters. The van der Waals surface area contributed by atoms with Crippen LogP contribution in [0.5, 0.6) is 0 Å². The summed E-state index contributed by atoms with van der Waals surface area (Å²) in [6.07, 6.45) is 0. The van der Waals surface area contributed by atoms with Crippen molar-refractivity contribution in [3.63, 3.8) is 0 Å². The Hall–Kier alpha value is -5.86. The van der Waals surface area contributed by atoms with Gasteiger partial charge in [-0.25, -0.2) is 0 Å². The van der Waals surface area contributed by atoms with Crippen molar-refractivity contribution in [2.24, 2.45) is 0 Å². The molecule has 7 aromatic carbocycles. The van der Waals surface area contributed by atoms with Gasteiger partial charge in [0.05, 0.1) is 22.4 Å². The van der Waals surface area contributed by atoms with Crippen LogP contribution in [0.1, 0.15) is 26.3 Å². The second kappa shape index (κ2) is 12.1. The lowest BCUT2D eigenvalue weighted by molar-refractivity contribution is 0.591. The fraction of sp³-hybridized carbons (Fsp3) is 0.0870. The van der Waals surface area contributed by atoms with Crippen molar-refractivity contribution < 1.29 is 0 Å². The van der Waals surface area contributed by atoms with Crippen LogP contribution in [0.2, 0.25) is 0 Å². The molecular formula is C46H38N2. The molecule has 0 saturated heterocycles. The van der Waals surface area contributed by atoms with Crippen LogP contribution in [-0.2, 0) is 5.41 Å². The van der Waals surface area contributed by atoms with Gasteiger partial charge in [0.2, 0.25) is 0 Å². The van der Waals surface area contributed by atoms with Crippen LogP contribution in [0.15, 0.2) is 176 Å². The molecule has 2 heteroatoms. The number of para-hydroxylation sites is 4. The molecule has 1 aromatic heterocycles. The number of fused-ring (bicyclic) bond motifs is 3. The first-order valence-corrected chi connectivity index (χ1v) is 16.7. The summed E-state index contributed by atoms with van der Waals surface area (Å²) in [6, 6.07) is 63.6. The van der Waals surface area contributed by atoms with Gasteiger partial charge in [-0.1, -0.05) is 136 Å². The molecule has 1 heterocycles. The Bertz CT molecular complexity index is 2360. The van der Waals surface area contributed by atoms with Gasteiger partial charge in [0.1, 0.15) is 0 Å². The third-order valence-electron chi connectivity index (χ3n) is 9.35. The zero-order chi connectivity index (χ0) is 32.7. The molecule has 8 aromatic rings. The van der Waals surface area contributed by atoms with E-state index in [9.17, 15) is 0 Å². The largest absolute Gasteiger partial charge is 0.309 e. The van der Waals surface area contributed by atoms with Crippen molar-refractivity contribution in [3.05, 3.63) is 181 Å². The summed E-state index contributed by atoms with van der Waals surface area (Å²) in [4.78, 5) is 2.41. The van der Waals surface area contributed by atoms with E-state index < -0.39 is 0 Å². The van der Waals surface area contributed by atoms with Crippen LogP contribution in [-0.4, -0.2) is 4.57 Å². The van der Waals surface area contributed by atoms with Crippen LogP contribution in [0, 0.1) is 0 Å². The minimum Gasteiger partial charge on any atom is -0.309 e. The highest BCUT2D eigenvalue weighted by atomic mass is 15.1. The van der Waals surface area contributed by atoms with Gasteiger partial charge in [0, 0.05) is 33.3 Å². The quantitative estimate of drug-likeness (QED) is 0.180. The summed E-state index contributed by atoms with van der Waals surface area (Å²) < 4.78 is 2.40. The average molecular weight is 619 g/mol. The van der Waals surface area contributed by atoms with Crippen molar-refractivity contribution in [2.75, 3.05) is 4.90 Å². The average Bonchev–Trinajstić information content (AvgIpc) is 3.46. The van der Waals surface area contributed by atoms with Crippen LogP contribution in [0.25, 0.3) is 49.7 Å². The van der Waals surface area contributed by atoms with Crippen molar-refractivity contribution in [3.8, 4) is 27.9 Å². The Morgan fingerprint density at radius 2 is 0.938 bits per heavy atom. The first-order valence-electron chi connectivity index (χ1n) is 16.7. The fourth-order valence-corrected chi connectivity index (χ4v) is 6.94. The van der Waals surface area contributed by atoms with Crippen LogP contribution >= 0.6 is 0 Å². The fourth-order valence-electron chi connectivity index (χ4n) is 6.94. The van der Waals surface area contributed by atoms with E-state index in [0.29, 0.717) is 0 Å². The van der Waals surface area contributed by atoms with Crippen molar-refractivity contribution in [1.29, 1.82) is 0 Å². The minimum atomic E-state index is 0.0436. The van der Waals surface area contributed by atoms with Gasteiger partial charge in [-0.2, -0.15) is 0 Å². The summed E-state index contributed by atoms with van der Waals surface area (Å²) in [5.74, 6) is 0. The molecule has 0 bridgehead atoms. The zero-order valence-electron chi connectivity index (χ0n) is 27.6. The van der Waals surface area contributed by atoms with Gasteiger partial charge in [-0.05, 0) is 82.8 Å². The van der Waals surface area contributed by atoms with E-state index in [2.05, 4.69) is 206 Å². The minimum absolute atomic E-state index is 0.0436. The zero-order valence-corrected chi connectivity index (χ0v) is 27.6. The molecule has 0 saturated carbocycles. The molecular weight excluding hydrogens is 581 g/mol. The summed E-state index contributed by atoms with van der Waals surface area (Å²) in [5.41, 5.74) is 13.1. The Morgan fingerprint density at radius 1 is 0.438 bits per heavy atom. The molecule has 0 fully saturated rings. The first kappa shape index (κ1) is 29.5. The molecule has 2 nitrogen and oxygen atoms in total. The molecule has 0 aliphatic heterocycles. The molecule has 8 rings (SSSR count). The van der Waals surface area contributed by atoms with Gasteiger partial charge in [-0.15, -0.1) is 0 Å². The highest BCUT2D eigenvalue weighted by molar-refractivity contribution is 6.11. The van der Waals surface area contributed by atoms with Gasteiger partial charge >= 0.3 is 0 Å². The third-order valence-corrected chi connectivity index (χ3v) is 9.35. The molecule has 0 unspecified atom stereocenters. The first-order chi connectivity index (χ1) is 23.5. The Balaban J connectivity index is 1.37. The maximum absolute atomic E-state index is 2.41. The van der Waals surface area contributed by atoms with Crippen LogP contribution < -0.4 is 4.90 Å². The maximum Gasteiger partial charge on any atom is 0.0541 e. The number of aromatic nitrogens is 1. The smallest absolute Gasteiger partial charge is 0.0541 e. The number of nitrogens with zero attached hydrogens (tertiary/aromatic N) is 2. The Morgan fingerprint density at radius 3 is 1.56 bits per heavy atom. The van der Waals surface area contributed by atoms with Crippen molar-refractivity contribution in [2.45, 2.75) is 26.2 Å². The topological polar surface area (TPSA) is 8.17 Å². The summed E-state index contributed by atoms with van der Waals surface area (Å²) in [7, 11) is 0. The molecule has 0 aliphatic carbocycles. The van der Waals surface area contributed by atoms with Gasteiger partial charge < -0.3 is 9.47 Å². The second-order valence-corrected chi connectivity index (χ2v) is 13.5. The highest BCUT2D eigenvalue weighted by Crippen LogP contribution is 2.45. The lowest BCUT2D eigenvalue weighted by Crippen LogP contribution is -2.12. The normalized spacial score (nSPS) is 11.6. The molecule has 0 aliphatic rings. The standard InChI is InChI=1S/C46H38N2/c1-46(2,3)35-28-30-45-41(32-35)40-31-34(27-29-44(40)48(45)37-21-11-6-12-22-37)39-24-14-16-26-43(39)47(36-19-9-5-10-20-36)42-25-15-13-23-38(42)33-17-7-4-8-18-33/h4-32H,1-3H3. The number of hydrogen-bond acceptors (Lipinski definition) is 1. The summed E-state index contributed by atoms with van der Waals surface area (Å²) in [6.45, 7) is 6.87. The van der Waals surface area contributed by atoms with Gasteiger partial charge in [0.25, 0.3) is 0 Å². The third kappa shape index (κ3) is 5.26. The van der Waals surface area contributed by atoms with E-state index >= 15 is 0 Å². The van der Waals surface area contributed by atoms with E-state index in [4.69, 9.17) is 0 Å². The Kier molecular flexibility index (Phi) is 7.42. The summed E-state index contributed by atoms with van der Waals surface area (Å²) >= 11 is 0. The number of hydrogen-bond donors (Lipinski definition) is 0.